The van der Waals surface area contributed by atoms with Gasteiger partial charge in [0.15, 0.2) is 11.5 Å². The van der Waals surface area contributed by atoms with E-state index in [0.717, 1.165) is 16.8 Å². The van der Waals surface area contributed by atoms with Crippen LogP contribution in [-0.2, 0) is 6.54 Å². The minimum Gasteiger partial charge on any atom is -0.504 e. The van der Waals surface area contributed by atoms with E-state index < -0.39 is 5.63 Å². The zero-order valence-electron chi connectivity index (χ0n) is 12.9. The van der Waals surface area contributed by atoms with E-state index in [1.165, 1.54) is 18.2 Å². The van der Waals surface area contributed by atoms with Crippen LogP contribution in [-0.4, -0.2) is 10.2 Å². The summed E-state index contributed by atoms with van der Waals surface area (Å²) in [6, 6.07) is 10.1. The fraction of sp³-hybridized carbons (Fsp3) is 0.167. The van der Waals surface area contributed by atoms with Crippen molar-refractivity contribution in [2.75, 3.05) is 5.32 Å². The Morgan fingerprint density at radius 2 is 1.61 bits per heavy atom. The van der Waals surface area contributed by atoms with E-state index in [9.17, 15) is 15.0 Å². The number of nitrogens with one attached hydrogen (secondary N) is 1. The minimum atomic E-state index is -0.500. The van der Waals surface area contributed by atoms with Gasteiger partial charge in [0.1, 0.15) is 5.58 Å². The number of benzene rings is 2. The zero-order valence-corrected chi connectivity index (χ0v) is 12.9. The molecule has 1 heterocycles. The van der Waals surface area contributed by atoms with E-state index in [4.69, 9.17) is 4.42 Å². The highest BCUT2D eigenvalue weighted by atomic mass is 16.4. The third kappa shape index (κ3) is 3.13. The van der Waals surface area contributed by atoms with Gasteiger partial charge >= 0.3 is 5.63 Å². The summed E-state index contributed by atoms with van der Waals surface area (Å²) in [5, 5.41) is 23.1. The predicted molar refractivity (Wildman–Crippen MR) is 89.1 cm³/mol. The summed E-state index contributed by atoms with van der Waals surface area (Å²) in [5.41, 5.74) is 3.67. The molecule has 0 aliphatic heterocycles. The molecule has 0 radical (unpaired) electrons. The van der Waals surface area contributed by atoms with Crippen LogP contribution in [0, 0.1) is 13.8 Å². The maximum atomic E-state index is 11.7. The van der Waals surface area contributed by atoms with E-state index in [2.05, 4.69) is 11.4 Å². The van der Waals surface area contributed by atoms with Crippen LogP contribution in [0.1, 0.15) is 16.7 Å². The highest BCUT2D eigenvalue weighted by Gasteiger charge is 2.10. The molecule has 0 atom stereocenters. The van der Waals surface area contributed by atoms with Crippen molar-refractivity contribution in [2.24, 2.45) is 0 Å². The Hall–Kier alpha value is -2.95. The lowest BCUT2D eigenvalue weighted by Crippen LogP contribution is -2.06. The van der Waals surface area contributed by atoms with Gasteiger partial charge in [-0.05, 0) is 48.7 Å². The Morgan fingerprint density at radius 3 is 2.30 bits per heavy atom. The molecule has 0 aliphatic rings. The van der Waals surface area contributed by atoms with Crippen LogP contribution in [0.3, 0.4) is 0 Å². The smallest absolute Gasteiger partial charge is 0.336 e. The van der Waals surface area contributed by atoms with Crippen LogP contribution in [0.2, 0.25) is 0 Å². The number of hydrogen-bond acceptors (Lipinski definition) is 5. The van der Waals surface area contributed by atoms with Gasteiger partial charge in [0.05, 0.1) is 0 Å². The molecular weight excluding hydrogens is 294 g/mol. The molecule has 0 saturated carbocycles. The topological polar surface area (TPSA) is 82.7 Å². The van der Waals surface area contributed by atoms with Crippen LogP contribution in [0.5, 0.6) is 11.5 Å². The van der Waals surface area contributed by atoms with Crippen molar-refractivity contribution in [1.82, 2.24) is 0 Å². The van der Waals surface area contributed by atoms with Gasteiger partial charge in [-0.15, -0.1) is 0 Å². The Labute approximate surface area is 132 Å². The number of fused-ring (bicyclic) bond motifs is 1. The third-order valence-electron chi connectivity index (χ3n) is 3.63. The molecule has 0 spiro atoms. The summed E-state index contributed by atoms with van der Waals surface area (Å²) in [4.78, 5) is 11.7. The molecule has 3 rings (SSSR count). The van der Waals surface area contributed by atoms with E-state index in [-0.39, 0.29) is 17.1 Å². The summed E-state index contributed by atoms with van der Waals surface area (Å²) in [6.45, 7) is 4.44. The molecule has 0 amide bonds. The lowest BCUT2D eigenvalue weighted by Gasteiger charge is -2.11. The van der Waals surface area contributed by atoms with Crippen molar-refractivity contribution in [3.8, 4) is 11.5 Å². The van der Waals surface area contributed by atoms with Crippen molar-refractivity contribution in [1.29, 1.82) is 0 Å². The Morgan fingerprint density at radius 1 is 0.957 bits per heavy atom. The van der Waals surface area contributed by atoms with Crippen molar-refractivity contribution < 1.29 is 14.6 Å². The van der Waals surface area contributed by atoms with Gasteiger partial charge in [0, 0.05) is 29.8 Å². The molecule has 0 fully saturated rings. The lowest BCUT2D eigenvalue weighted by atomic mass is 10.1. The number of aromatic hydroxyl groups is 2. The van der Waals surface area contributed by atoms with Gasteiger partial charge in [0.25, 0.3) is 0 Å². The van der Waals surface area contributed by atoms with Gasteiger partial charge in [-0.3, -0.25) is 0 Å². The van der Waals surface area contributed by atoms with Crippen molar-refractivity contribution >= 4 is 16.7 Å². The second kappa shape index (κ2) is 5.68. The molecule has 0 aliphatic carbocycles. The zero-order chi connectivity index (χ0) is 16.6. The highest BCUT2D eigenvalue weighted by Crippen LogP contribution is 2.31. The molecule has 118 valence electrons. The number of phenols is 2. The highest BCUT2D eigenvalue weighted by molar-refractivity contribution is 5.84. The number of anilines is 1. The first-order valence-electron chi connectivity index (χ1n) is 7.23. The van der Waals surface area contributed by atoms with Crippen LogP contribution in [0.4, 0.5) is 5.69 Å². The molecule has 0 bridgehead atoms. The van der Waals surface area contributed by atoms with Crippen molar-refractivity contribution in [3.05, 3.63) is 63.5 Å². The van der Waals surface area contributed by atoms with Crippen LogP contribution in [0.15, 0.2) is 45.6 Å². The predicted octanol–water partition coefficient (Wildman–Crippen LogP) is 3.43. The maximum Gasteiger partial charge on any atom is 0.336 e. The second-order valence-electron chi connectivity index (χ2n) is 5.66. The largest absolute Gasteiger partial charge is 0.504 e. The van der Waals surface area contributed by atoms with Gasteiger partial charge in [-0.1, -0.05) is 6.07 Å². The summed E-state index contributed by atoms with van der Waals surface area (Å²) < 4.78 is 5.07. The van der Waals surface area contributed by atoms with E-state index in [1.54, 1.807) is 0 Å². The fourth-order valence-electron chi connectivity index (χ4n) is 2.67. The molecule has 5 nitrogen and oxygen atoms in total. The van der Waals surface area contributed by atoms with Crippen LogP contribution >= 0.6 is 0 Å². The van der Waals surface area contributed by atoms with Gasteiger partial charge in [0.2, 0.25) is 0 Å². The molecule has 3 N–H and O–H groups in total. The Kier molecular flexibility index (Phi) is 3.70. The molecule has 0 unspecified atom stereocenters. The minimum absolute atomic E-state index is 0.241. The lowest BCUT2D eigenvalue weighted by molar-refractivity contribution is 0.403. The Bertz CT molecular complexity index is 923. The summed E-state index contributed by atoms with van der Waals surface area (Å²) in [6.07, 6.45) is 0. The van der Waals surface area contributed by atoms with Crippen molar-refractivity contribution in [3.63, 3.8) is 0 Å². The number of aryl methyl sites for hydroxylation is 2. The molecule has 0 saturated heterocycles. The number of hydrogen-bond donors (Lipinski definition) is 3. The number of rotatable bonds is 3. The molecule has 5 heteroatoms. The molecule has 23 heavy (non-hydrogen) atoms. The molecular formula is C18H17NO4. The quantitative estimate of drug-likeness (QED) is 0.510. The number of phenolic OH excluding ortho intramolecular Hbond substituents is 2. The van der Waals surface area contributed by atoms with Crippen LogP contribution < -0.4 is 10.9 Å². The standard InChI is InChI=1S/C18H17NO4/c1-10-3-11(2)5-13(4-10)19-9-12-6-18(22)23-17-8-16(21)15(20)7-14(12)17/h3-8,19-21H,9H2,1-2H3. The van der Waals surface area contributed by atoms with Gasteiger partial charge in [-0.25, -0.2) is 4.79 Å². The molecule has 2 aromatic carbocycles. The third-order valence-corrected chi connectivity index (χ3v) is 3.63. The SMILES string of the molecule is Cc1cc(C)cc(NCc2cc(=O)oc3cc(O)c(O)cc23)c1. The Balaban J connectivity index is 1.99. The first-order chi connectivity index (χ1) is 10.9. The molecule has 1 aromatic heterocycles. The normalized spacial score (nSPS) is 10.9. The molecule has 3 aromatic rings. The monoisotopic (exact) mass is 311 g/mol. The first kappa shape index (κ1) is 15.0. The van der Waals surface area contributed by atoms with E-state index in [0.29, 0.717) is 17.5 Å². The summed E-state index contributed by atoms with van der Waals surface area (Å²) >= 11 is 0. The van der Waals surface area contributed by atoms with Crippen LogP contribution in [0.25, 0.3) is 11.0 Å². The summed E-state index contributed by atoms with van der Waals surface area (Å²) in [5.74, 6) is -0.570. The maximum absolute atomic E-state index is 11.7. The second-order valence-corrected chi connectivity index (χ2v) is 5.66. The van der Waals surface area contributed by atoms with E-state index >= 15 is 0 Å². The van der Waals surface area contributed by atoms with E-state index in [1.807, 2.05) is 26.0 Å². The fourth-order valence-corrected chi connectivity index (χ4v) is 2.67. The first-order valence-corrected chi connectivity index (χ1v) is 7.23. The van der Waals surface area contributed by atoms with Gasteiger partial charge < -0.3 is 19.9 Å². The average Bonchev–Trinajstić information content (AvgIpc) is 2.45. The van der Waals surface area contributed by atoms with Crippen molar-refractivity contribution in [2.45, 2.75) is 20.4 Å². The summed E-state index contributed by atoms with van der Waals surface area (Å²) in [7, 11) is 0. The average molecular weight is 311 g/mol. The van der Waals surface area contributed by atoms with Gasteiger partial charge in [-0.2, -0.15) is 0 Å².